The minimum absolute atomic E-state index is 0.0917. The first-order chi connectivity index (χ1) is 9.13. The third-order valence-electron chi connectivity index (χ3n) is 3.44. The topological polar surface area (TPSA) is 58.6 Å². The Morgan fingerprint density at radius 1 is 1.32 bits per heavy atom. The lowest BCUT2D eigenvalue weighted by Crippen LogP contribution is -2.55. The average Bonchev–Trinajstić information content (AvgIpc) is 2.42. The van der Waals surface area contributed by atoms with Crippen molar-refractivity contribution in [1.29, 1.82) is 0 Å². The molecule has 0 aromatic heterocycles. The highest BCUT2D eigenvalue weighted by molar-refractivity contribution is 5.79. The summed E-state index contributed by atoms with van der Waals surface area (Å²) in [6.45, 7) is 0.986. The standard InChI is InChI=1S/C14H18FNO3/c15-12-3-1-11(2-4-12)9-13(18)16-14(10-17)5-7-19-8-6-14/h1-4,17H,5-10H2,(H,16,18). The molecule has 0 unspecified atom stereocenters. The first kappa shape index (κ1) is 14.0. The van der Waals surface area contributed by atoms with E-state index in [1.54, 1.807) is 12.1 Å². The average molecular weight is 267 g/mol. The van der Waals surface area contributed by atoms with Gasteiger partial charge in [-0.15, -0.1) is 0 Å². The molecule has 19 heavy (non-hydrogen) atoms. The van der Waals surface area contributed by atoms with E-state index in [4.69, 9.17) is 4.74 Å². The fraction of sp³-hybridized carbons (Fsp3) is 0.500. The number of aliphatic hydroxyl groups is 1. The van der Waals surface area contributed by atoms with Crippen LogP contribution >= 0.6 is 0 Å². The van der Waals surface area contributed by atoms with Gasteiger partial charge in [0.05, 0.1) is 18.6 Å². The molecule has 2 rings (SSSR count). The van der Waals surface area contributed by atoms with Gasteiger partial charge in [-0.1, -0.05) is 12.1 Å². The Hall–Kier alpha value is -1.46. The molecule has 104 valence electrons. The third-order valence-corrected chi connectivity index (χ3v) is 3.44. The Balaban J connectivity index is 1.94. The van der Waals surface area contributed by atoms with Gasteiger partial charge >= 0.3 is 0 Å². The number of ether oxygens (including phenoxy) is 1. The molecule has 0 spiro atoms. The highest BCUT2D eigenvalue weighted by Gasteiger charge is 2.33. The van der Waals surface area contributed by atoms with E-state index in [0.29, 0.717) is 26.1 Å². The molecular formula is C14H18FNO3. The van der Waals surface area contributed by atoms with Crippen molar-refractivity contribution in [2.45, 2.75) is 24.8 Å². The van der Waals surface area contributed by atoms with Crippen LogP contribution in [0, 0.1) is 5.82 Å². The van der Waals surface area contributed by atoms with E-state index in [2.05, 4.69) is 5.32 Å². The summed E-state index contributed by atoms with van der Waals surface area (Å²) < 4.78 is 18.0. The van der Waals surface area contributed by atoms with Crippen molar-refractivity contribution in [1.82, 2.24) is 5.32 Å². The molecule has 0 aliphatic carbocycles. The quantitative estimate of drug-likeness (QED) is 0.856. The van der Waals surface area contributed by atoms with Crippen LogP contribution in [0.25, 0.3) is 0 Å². The smallest absolute Gasteiger partial charge is 0.224 e. The summed E-state index contributed by atoms with van der Waals surface area (Å²) in [7, 11) is 0. The Kier molecular flexibility index (Phi) is 4.50. The van der Waals surface area contributed by atoms with Gasteiger partial charge in [0.1, 0.15) is 5.82 Å². The van der Waals surface area contributed by atoms with Gasteiger partial charge in [-0.05, 0) is 30.5 Å². The van der Waals surface area contributed by atoms with Crippen LogP contribution in [-0.4, -0.2) is 36.4 Å². The third kappa shape index (κ3) is 3.75. The van der Waals surface area contributed by atoms with Crippen LogP contribution in [0.5, 0.6) is 0 Å². The summed E-state index contributed by atoms with van der Waals surface area (Å²) in [5.41, 5.74) is 0.175. The van der Waals surface area contributed by atoms with Gasteiger partial charge in [0.2, 0.25) is 5.91 Å². The maximum Gasteiger partial charge on any atom is 0.224 e. The number of nitrogens with one attached hydrogen (secondary N) is 1. The van der Waals surface area contributed by atoms with Crippen LogP contribution in [0.15, 0.2) is 24.3 Å². The van der Waals surface area contributed by atoms with Crippen LogP contribution < -0.4 is 5.32 Å². The van der Waals surface area contributed by atoms with E-state index < -0.39 is 5.54 Å². The minimum Gasteiger partial charge on any atom is -0.394 e. The van der Waals surface area contributed by atoms with Crippen molar-refractivity contribution < 1.29 is 19.0 Å². The zero-order valence-electron chi connectivity index (χ0n) is 10.7. The Labute approximate surface area is 111 Å². The number of carbonyl (C=O) groups is 1. The second-order valence-electron chi connectivity index (χ2n) is 4.90. The molecule has 1 aliphatic heterocycles. The summed E-state index contributed by atoms with van der Waals surface area (Å²) in [5, 5.41) is 12.4. The molecule has 1 fully saturated rings. The molecule has 1 aliphatic rings. The molecule has 0 atom stereocenters. The normalized spacial score (nSPS) is 18.0. The number of hydrogen-bond donors (Lipinski definition) is 2. The number of carbonyl (C=O) groups excluding carboxylic acids is 1. The fourth-order valence-electron chi connectivity index (χ4n) is 2.21. The fourth-order valence-corrected chi connectivity index (χ4v) is 2.21. The molecule has 0 radical (unpaired) electrons. The van der Waals surface area contributed by atoms with Crippen LogP contribution in [0.3, 0.4) is 0 Å². The lowest BCUT2D eigenvalue weighted by molar-refractivity contribution is -0.124. The lowest BCUT2D eigenvalue weighted by atomic mass is 9.90. The van der Waals surface area contributed by atoms with Crippen LogP contribution in [-0.2, 0) is 16.0 Å². The monoisotopic (exact) mass is 267 g/mol. The number of aliphatic hydroxyl groups excluding tert-OH is 1. The summed E-state index contributed by atoms with van der Waals surface area (Å²) in [4.78, 5) is 12.0. The molecule has 1 aromatic carbocycles. The van der Waals surface area contributed by atoms with Crippen molar-refractivity contribution >= 4 is 5.91 Å². The van der Waals surface area contributed by atoms with E-state index in [0.717, 1.165) is 5.56 Å². The van der Waals surface area contributed by atoms with E-state index in [1.165, 1.54) is 12.1 Å². The van der Waals surface area contributed by atoms with Crippen LogP contribution in [0.2, 0.25) is 0 Å². The van der Waals surface area contributed by atoms with Crippen molar-refractivity contribution in [3.05, 3.63) is 35.6 Å². The van der Waals surface area contributed by atoms with Gasteiger partial charge in [-0.2, -0.15) is 0 Å². The first-order valence-electron chi connectivity index (χ1n) is 6.38. The van der Waals surface area contributed by atoms with Gasteiger partial charge in [0, 0.05) is 13.2 Å². The Bertz CT molecular complexity index is 427. The molecule has 1 amide bonds. The van der Waals surface area contributed by atoms with Gasteiger partial charge in [0.15, 0.2) is 0 Å². The predicted octanol–water partition coefficient (Wildman–Crippen LogP) is 1.03. The van der Waals surface area contributed by atoms with Gasteiger partial charge in [0.25, 0.3) is 0 Å². The lowest BCUT2D eigenvalue weighted by Gasteiger charge is -2.36. The summed E-state index contributed by atoms with van der Waals surface area (Å²) in [6.07, 6.45) is 1.40. The van der Waals surface area contributed by atoms with E-state index >= 15 is 0 Å². The number of benzene rings is 1. The number of rotatable bonds is 4. The zero-order chi connectivity index (χ0) is 13.7. The summed E-state index contributed by atoms with van der Waals surface area (Å²) >= 11 is 0. The maximum atomic E-state index is 12.8. The van der Waals surface area contributed by atoms with E-state index in [9.17, 15) is 14.3 Å². The Morgan fingerprint density at radius 3 is 2.53 bits per heavy atom. The highest BCUT2D eigenvalue weighted by Crippen LogP contribution is 2.20. The highest BCUT2D eigenvalue weighted by atomic mass is 19.1. The second kappa shape index (κ2) is 6.12. The molecule has 1 heterocycles. The van der Waals surface area contributed by atoms with Crippen molar-refractivity contribution in [3.63, 3.8) is 0 Å². The Morgan fingerprint density at radius 2 is 1.95 bits per heavy atom. The second-order valence-corrected chi connectivity index (χ2v) is 4.90. The largest absolute Gasteiger partial charge is 0.394 e. The van der Waals surface area contributed by atoms with Crippen molar-refractivity contribution in [2.24, 2.45) is 0 Å². The number of halogens is 1. The first-order valence-corrected chi connectivity index (χ1v) is 6.38. The molecule has 4 nitrogen and oxygen atoms in total. The molecule has 2 N–H and O–H groups in total. The minimum atomic E-state index is -0.574. The van der Waals surface area contributed by atoms with Crippen molar-refractivity contribution in [3.8, 4) is 0 Å². The van der Waals surface area contributed by atoms with Gasteiger partial charge in [-0.25, -0.2) is 4.39 Å². The van der Waals surface area contributed by atoms with E-state index in [-0.39, 0.29) is 24.8 Å². The molecule has 1 saturated heterocycles. The zero-order valence-corrected chi connectivity index (χ0v) is 10.7. The molecule has 0 bridgehead atoms. The predicted molar refractivity (Wildman–Crippen MR) is 68.1 cm³/mol. The molecule has 1 aromatic rings. The van der Waals surface area contributed by atoms with Gasteiger partial charge < -0.3 is 15.2 Å². The SMILES string of the molecule is O=C(Cc1ccc(F)cc1)NC1(CO)CCOCC1. The van der Waals surface area contributed by atoms with E-state index in [1.807, 2.05) is 0 Å². The number of amides is 1. The van der Waals surface area contributed by atoms with Crippen LogP contribution in [0.4, 0.5) is 4.39 Å². The number of hydrogen-bond acceptors (Lipinski definition) is 3. The summed E-state index contributed by atoms with van der Waals surface area (Å²) in [5.74, 6) is -0.483. The molecule has 0 saturated carbocycles. The molecular weight excluding hydrogens is 249 g/mol. The molecule has 5 heteroatoms. The maximum absolute atomic E-state index is 12.8. The van der Waals surface area contributed by atoms with Gasteiger partial charge in [-0.3, -0.25) is 4.79 Å². The van der Waals surface area contributed by atoms with Crippen LogP contribution in [0.1, 0.15) is 18.4 Å². The summed E-state index contributed by atoms with van der Waals surface area (Å²) in [6, 6.07) is 5.84. The van der Waals surface area contributed by atoms with Crippen molar-refractivity contribution in [2.75, 3.05) is 19.8 Å².